The molecule has 1 N–H and O–H groups in total. The van der Waals surface area contributed by atoms with Gasteiger partial charge >= 0.3 is 0 Å². The Morgan fingerprint density at radius 3 is 2.75 bits per heavy atom. The lowest BCUT2D eigenvalue weighted by Gasteiger charge is -2.19. The maximum Gasteiger partial charge on any atom is 0.0837 e. The van der Waals surface area contributed by atoms with E-state index in [-0.39, 0.29) is 5.92 Å². The highest BCUT2D eigenvalue weighted by molar-refractivity contribution is 5.25. The van der Waals surface area contributed by atoms with Gasteiger partial charge < -0.3 is 9.84 Å². The van der Waals surface area contributed by atoms with Crippen LogP contribution in [0, 0.1) is 5.92 Å². The fraction of sp³-hybridized carbons (Fsp3) is 0.571. The van der Waals surface area contributed by atoms with Crippen molar-refractivity contribution < 1.29 is 9.84 Å². The molecular formula is C14H22O2. The van der Waals surface area contributed by atoms with Gasteiger partial charge in [-0.15, -0.1) is 0 Å². The molecule has 0 aliphatic rings. The predicted molar refractivity (Wildman–Crippen MR) is 66.4 cm³/mol. The van der Waals surface area contributed by atoms with Crippen molar-refractivity contribution in [2.24, 2.45) is 5.92 Å². The van der Waals surface area contributed by atoms with Crippen molar-refractivity contribution >= 4 is 0 Å². The molecule has 2 nitrogen and oxygen atoms in total. The molecule has 2 heteroatoms. The van der Waals surface area contributed by atoms with E-state index >= 15 is 0 Å². The van der Waals surface area contributed by atoms with Crippen molar-refractivity contribution in [3.8, 4) is 0 Å². The lowest BCUT2D eigenvalue weighted by molar-refractivity contribution is 0.0566. The summed E-state index contributed by atoms with van der Waals surface area (Å²) in [4.78, 5) is 0. The minimum Gasteiger partial charge on any atom is -0.388 e. The predicted octanol–water partition coefficient (Wildman–Crippen LogP) is 2.96. The Balaban J connectivity index is 2.74. The zero-order valence-electron chi connectivity index (χ0n) is 10.4. The van der Waals surface area contributed by atoms with Crippen LogP contribution >= 0.6 is 0 Å². The van der Waals surface area contributed by atoms with Gasteiger partial charge in [-0.05, 0) is 17.5 Å². The summed E-state index contributed by atoms with van der Waals surface area (Å²) in [5.74, 6) is 0.127. The Hall–Kier alpha value is -0.860. The smallest absolute Gasteiger partial charge is 0.0837 e. The Morgan fingerprint density at radius 1 is 1.38 bits per heavy atom. The standard InChI is InChI=1S/C14H22O2/c1-4-6-12-7-5-8-13(9-12)14(15)11(2)10-16-3/h5,7-9,11,14-15H,4,6,10H2,1-3H3. The van der Waals surface area contributed by atoms with Gasteiger partial charge in [-0.2, -0.15) is 0 Å². The first kappa shape index (κ1) is 13.2. The number of aryl methyl sites for hydroxylation is 1. The molecule has 1 rings (SSSR count). The van der Waals surface area contributed by atoms with Crippen molar-refractivity contribution in [2.75, 3.05) is 13.7 Å². The second-order valence-electron chi connectivity index (χ2n) is 4.37. The molecule has 0 aliphatic carbocycles. The molecule has 0 fully saturated rings. The normalized spacial score (nSPS) is 14.8. The zero-order chi connectivity index (χ0) is 12.0. The molecule has 0 aliphatic heterocycles. The molecule has 1 aromatic rings. The molecule has 90 valence electrons. The van der Waals surface area contributed by atoms with Crippen molar-refractivity contribution in [1.82, 2.24) is 0 Å². The van der Waals surface area contributed by atoms with Crippen molar-refractivity contribution in [1.29, 1.82) is 0 Å². The molecule has 0 radical (unpaired) electrons. The SMILES string of the molecule is CCCc1cccc(C(O)C(C)COC)c1. The molecule has 0 saturated heterocycles. The van der Waals surface area contributed by atoms with Crippen LogP contribution in [-0.2, 0) is 11.2 Å². The van der Waals surface area contributed by atoms with Gasteiger partial charge in [0.1, 0.15) is 0 Å². The van der Waals surface area contributed by atoms with E-state index in [0.29, 0.717) is 6.61 Å². The van der Waals surface area contributed by atoms with E-state index in [1.54, 1.807) is 7.11 Å². The van der Waals surface area contributed by atoms with E-state index in [0.717, 1.165) is 18.4 Å². The van der Waals surface area contributed by atoms with Gasteiger partial charge in [-0.25, -0.2) is 0 Å². The summed E-state index contributed by atoms with van der Waals surface area (Å²) in [5, 5.41) is 10.1. The third kappa shape index (κ3) is 3.62. The Kier molecular flexibility index (Phi) is 5.50. The molecule has 0 amide bonds. The average Bonchev–Trinajstić information content (AvgIpc) is 2.29. The molecule has 0 bridgehead atoms. The van der Waals surface area contributed by atoms with E-state index in [2.05, 4.69) is 19.1 Å². The summed E-state index contributed by atoms with van der Waals surface area (Å²) >= 11 is 0. The van der Waals surface area contributed by atoms with Gasteiger partial charge in [0.15, 0.2) is 0 Å². The van der Waals surface area contributed by atoms with Gasteiger partial charge in [0, 0.05) is 13.0 Å². The van der Waals surface area contributed by atoms with Crippen LogP contribution in [0.4, 0.5) is 0 Å². The third-order valence-corrected chi connectivity index (χ3v) is 2.80. The van der Waals surface area contributed by atoms with Crippen LogP contribution < -0.4 is 0 Å². The van der Waals surface area contributed by atoms with Gasteiger partial charge in [-0.1, -0.05) is 44.5 Å². The first-order valence-corrected chi connectivity index (χ1v) is 5.94. The number of aliphatic hydroxyl groups is 1. The topological polar surface area (TPSA) is 29.5 Å². The lowest BCUT2D eigenvalue weighted by Crippen LogP contribution is -2.14. The van der Waals surface area contributed by atoms with Crippen LogP contribution in [0.25, 0.3) is 0 Å². The molecule has 0 heterocycles. The maximum absolute atomic E-state index is 10.1. The Labute approximate surface area is 98.3 Å². The molecule has 1 aromatic carbocycles. The monoisotopic (exact) mass is 222 g/mol. The van der Waals surface area contributed by atoms with Gasteiger partial charge in [0.2, 0.25) is 0 Å². The third-order valence-electron chi connectivity index (χ3n) is 2.80. The average molecular weight is 222 g/mol. The van der Waals surface area contributed by atoms with Gasteiger partial charge in [-0.3, -0.25) is 0 Å². The second-order valence-corrected chi connectivity index (χ2v) is 4.37. The maximum atomic E-state index is 10.1. The molecular weight excluding hydrogens is 200 g/mol. The van der Waals surface area contributed by atoms with E-state index < -0.39 is 6.10 Å². The first-order chi connectivity index (χ1) is 7.69. The molecule has 2 atom stereocenters. The quantitative estimate of drug-likeness (QED) is 0.802. The Morgan fingerprint density at radius 2 is 2.12 bits per heavy atom. The molecule has 16 heavy (non-hydrogen) atoms. The number of rotatable bonds is 6. The number of aliphatic hydroxyl groups excluding tert-OH is 1. The summed E-state index contributed by atoms with van der Waals surface area (Å²) in [5.41, 5.74) is 2.29. The summed E-state index contributed by atoms with van der Waals surface area (Å²) in [6.45, 7) is 4.75. The Bertz CT molecular complexity index is 309. The van der Waals surface area contributed by atoms with Crippen LogP contribution in [0.2, 0.25) is 0 Å². The van der Waals surface area contributed by atoms with Crippen LogP contribution in [0.15, 0.2) is 24.3 Å². The largest absolute Gasteiger partial charge is 0.388 e. The summed E-state index contributed by atoms with van der Waals surface area (Å²) in [7, 11) is 1.66. The highest BCUT2D eigenvalue weighted by Gasteiger charge is 2.16. The van der Waals surface area contributed by atoms with E-state index in [1.165, 1.54) is 5.56 Å². The molecule has 0 aromatic heterocycles. The first-order valence-electron chi connectivity index (χ1n) is 5.94. The van der Waals surface area contributed by atoms with Crippen molar-refractivity contribution in [3.05, 3.63) is 35.4 Å². The minimum atomic E-state index is -0.434. The lowest BCUT2D eigenvalue weighted by atomic mass is 9.96. The highest BCUT2D eigenvalue weighted by Crippen LogP contribution is 2.23. The fourth-order valence-corrected chi connectivity index (χ4v) is 1.90. The highest BCUT2D eigenvalue weighted by atomic mass is 16.5. The molecule has 0 spiro atoms. The van der Waals surface area contributed by atoms with Crippen LogP contribution in [0.1, 0.15) is 37.5 Å². The van der Waals surface area contributed by atoms with E-state index in [4.69, 9.17) is 4.74 Å². The van der Waals surface area contributed by atoms with Crippen molar-refractivity contribution in [3.63, 3.8) is 0 Å². The van der Waals surface area contributed by atoms with Crippen molar-refractivity contribution in [2.45, 2.75) is 32.8 Å². The number of hydrogen-bond acceptors (Lipinski definition) is 2. The van der Waals surface area contributed by atoms with Gasteiger partial charge in [0.05, 0.1) is 12.7 Å². The number of hydrogen-bond donors (Lipinski definition) is 1. The fourth-order valence-electron chi connectivity index (χ4n) is 1.90. The summed E-state index contributed by atoms with van der Waals surface area (Å²) < 4.78 is 5.06. The van der Waals surface area contributed by atoms with E-state index in [9.17, 15) is 5.11 Å². The molecule has 0 saturated carbocycles. The van der Waals surface area contributed by atoms with Crippen LogP contribution in [0.3, 0.4) is 0 Å². The van der Waals surface area contributed by atoms with Crippen LogP contribution in [-0.4, -0.2) is 18.8 Å². The summed E-state index contributed by atoms with van der Waals surface area (Å²) in [6.07, 6.45) is 1.77. The zero-order valence-corrected chi connectivity index (χ0v) is 10.4. The van der Waals surface area contributed by atoms with Gasteiger partial charge in [0.25, 0.3) is 0 Å². The second kappa shape index (κ2) is 6.66. The minimum absolute atomic E-state index is 0.127. The van der Waals surface area contributed by atoms with E-state index in [1.807, 2.05) is 19.1 Å². The summed E-state index contributed by atoms with van der Waals surface area (Å²) in [6, 6.07) is 8.21. The number of methoxy groups -OCH3 is 1. The number of benzene rings is 1. The molecule has 2 unspecified atom stereocenters. The number of ether oxygens (including phenoxy) is 1. The van der Waals surface area contributed by atoms with Crippen LogP contribution in [0.5, 0.6) is 0 Å².